The Labute approximate surface area is 167 Å². The lowest BCUT2D eigenvalue weighted by molar-refractivity contribution is -0.871. The minimum Gasteiger partial charge on any atom is -0.440 e. The van der Waals surface area contributed by atoms with Crippen LogP contribution in [0, 0.1) is 23.0 Å². The van der Waals surface area contributed by atoms with Crippen molar-refractivity contribution in [1.82, 2.24) is 0 Å². The number of ether oxygens (including phenoxy) is 1. The molecule has 0 aliphatic carbocycles. The minimum atomic E-state index is -0.481. The van der Waals surface area contributed by atoms with Gasteiger partial charge in [0.25, 0.3) is 0 Å². The van der Waals surface area contributed by atoms with Crippen LogP contribution in [0.4, 0.5) is 8.78 Å². The summed E-state index contributed by atoms with van der Waals surface area (Å²) in [5, 5.41) is 9.70. The highest BCUT2D eigenvalue weighted by Crippen LogP contribution is 2.41. The van der Waals surface area contributed by atoms with Crippen molar-refractivity contribution in [2.45, 2.75) is 5.92 Å². The van der Waals surface area contributed by atoms with Gasteiger partial charge in [0.05, 0.1) is 13.0 Å². The smallest absolute Gasteiger partial charge is 0.205 e. The zero-order valence-corrected chi connectivity index (χ0v) is 15.9. The molecule has 0 radical (unpaired) electrons. The van der Waals surface area contributed by atoms with Gasteiger partial charge in [0.2, 0.25) is 5.88 Å². The molecule has 0 fully saturated rings. The van der Waals surface area contributed by atoms with Gasteiger partial charge in [-0.3, -0.25) is 0 Å². The van der Waals surface area contributed by atoms with E-state index in [-0.39, 0.29) is 23.1 Å². The molecule has 0 spiro atoms. The van der Waals surface area contributed by atoms with E-state index in [0.717, 1.165) is 11.1 Å². The number of benzene rings is 2. The molecular formula is C23H20F2N3O+. The van der Waals surface area contributed by atoms with Crippen LogP contribution in [0.5, 0.6) is 0 Å². The van der Waals surface area contributed by atoms with E-state index in [1.165, 1.54) is 29.2 Å². The number of nitriles is 1. The summed E-state index contributed by atoms with van der Waals surface area (Å²) in [6, 6.07) is 14.6. The number of halogens is 2. The van der Waals surface area contributed by atoms with Crippen LogP contribution < -0.4 is 10.6 Å². The van der Waals surface area contributed by atoms with E-state index in [9.17, 15) is 14.0 Å². The average molecular weight is 392 g/mol. The highest BCUT2D eigenvalue weighted by Gasteiger charge is 2.38. The van der Waals surface area contributed by atoms with Gasteiger partial charge in [0.1, 0.15) is 42.1 Å². The first-order valence-electron chi connectivity index (χ1n) is 9.30. The number of nitrogens with zero attached hydrogens (tertiary/aromatic N) is 1. The molecule has 4 nitrogen and oxygen atoms in total. The fourth-order valence-corrected chi connectivity index (χ4v) is 4.01. The number of rotatable bonds is 2. The number of likely N-dealkylation sites (N-methyl/N-ethyl adjacent to an activating group) is 1. The van der Waals surface area contributed by atoms with E-state index in [1.807, 2.05) is 19.2 Å². The van der Waals surface area contributed by atoms with Crippen LogP contribution in [0.1, 0.15) is 17.0 Å². The van der Waals surface area contributed by atoms with E-state index < -0.39 is 5.92 Å². The molecule has 0 saturated heterocycles. The van der Waals surface area contributed by atoms with Crippen LogP contribution in [0.25, 0.3) is 6.08 Å². The Morgan fingerprint density at radius 2 is 1.86 bits per heavy atom. The summed E-state index contributed by atoms with van der Waals surface area (Å²) in [5.41, 5.74) is 9.45. The lowest BCUT2D eigenvalue weighted by Crippen LogP contribution is -3.10. The quantitative estimate of drug-likeness (QED) is 0.826. The molecule has 2 heterocycles. The second kappa shape index (κ2) is 7.53. The summed E-state index contributed by atoms with van der Waals surface area (Å²) in [5.74, 6) is -0.570. The van der Waals surface area contributed by atoms with Crippen molar-refractivity contribution < 1.29 is 18.4 Å². The van der Waals surface area contributed by atoms with Crippen LogP contribution in [-0.4, -0.2) is 20.1 Å². The van der Waals surface area contributed by atoms with Gasteiger partial charge < -0.3 is 15.4 Å². The van der Waals surface area contributed by atoms with Gasteiger partial charge >= 0.3 is 0 Å². The third-order valence-electron chi connectivity index (χ3n) is 5.17. The van der Waals surface area contributed by atoms with Crippen LogP contribution in [-0.2, 0) is 4.74 Å². The monoisotopic (exact) mass is 392 g/mol. The Morgan fingerprint density at radius 1 is 1.14 bits per heavy atom. The van der Waals surface area contributed by atoms with E-state index in [4.69, 9.17) is 10.5 Å². The van der Waals surface area contributed by atoms with Crippen molar-refractivity contribution >= 4 is 6.08 Å². The topological polar surface area (TPSA) is 63.5 Å². The maximum Gasteiger partial charge on any atom is 0.205 e. The van der Waals surface area contributed by atoms with Crippen molar-refractivity contribution in [2.24, 2.45) is 5.73 Å². The summed E-state index contributed by atoms with van der Waals surface area (Å²) in [4.78, 5) is 1.18. The van der Waals surface area contributed by atoms with E-state index in [1.54, 1.807) is 18.2 Å². The van der Waals surface area contributed by atoms with Crippen LogP contribution in [0.3, 0.4) is 0 Å². The normalized spacial score (nSPS) is 22.9. The molecule has 4 rings (SSSR count). The lowest BCUT2D eigenvalue weighted by atomic mass is 9.80. The Kier molecular flexibility index (Phi) is 4.91. The average Bonchev–Trinajstić information content (AvgIpc) is 2.67. The van der Waals surface area contributed by atoms with Gasteiger partial charge in [-0.05, 0) is 41.5 Å². The summed E-state index contributed by atoms with van der Waals surface area (Å²) < 4.78 is 33.4. The molecule has 1 unspecified atom stereocenters. The SMILES string of the molecule is C[NH+]1CC2=C(OC(N)=C(C#N)[C@H]2c2cccc(F)c2)/C(=C/c2cccc(F)c2)C1. The Bertz CT molecular complexity index is 1110. The van der Waals surface area contributed by atoms with Gasteiger partial charge in [-0.25, -0.2) is 8.78 Å². The molecule has 2 aliphatic rings. The third-order valence-corrected chi connectivity index (χ3v) is 5.17. The predicted molar refractivity (Wildman–Crippen MR) is 105 cm³/mol. The van der Waals surface area contributed by atoms with Gasteiger partial charge in [0, 0.05) is 11.1 Å². The molecule has 2 aliphatic heterocycles. The first-order valence-corrected chi connectivity index (χ1v) is 9.30. The highest BCUT2D eigenvalue weighted by molar-refractivity contribution is 5.62. The van der Waals surface area contributed by atoms with E-state index in [0.29, 0.717) is 30.0 Å². The fourth-order valence-electron chi connectivity index (χ4n) is 4.01. The number of nitrogens with one attached hydrogen (secondary N) is 1. The highest BCUT2D eigenvalue weighted by atomic mass is 19.1. The van der Waals surface area contributed by atoms with Crippen molar-refractivity contribution in [2.75, 3.05) is 20.1 Å². The molecular weight excluding hydrogens is 372 g/mol. The summed E-state index contributed by atoms with van der Waals surface area (Å²) in [6.07, 6.45) is 1.87. The molecule has 0 amide bonds. The predicted octanol–water partition coefficient (Wildman–Crippen LogP) is 2.64. The number of quaternary nitrogens is 1. The van der Waals surface area contributed by atoms with Gasteiger partial charge in [-0.2, -0.15) is 5.26 Å². The number of allylic oxidation sites excluding steroid dienone is 1. The third kappa shape index (κ3) is 3.65. The minimum absolute atomic E-state index is 0.0187. The molecule has 29 heavy (non-hydrogen) atoms. The van der Waals surface area contributed by atoms with Gasteiger partial charge in [0.15, 0.2) is 0 Å². The van der Waals surface area contributed by atoms with Gasteiger partial charge in [-0.1, -0.05) is 24.3 Å². The molecule has 0 aromatic heterocycles. The maximum absolute atomic E-state index is 13.9. The van der Waals surface area contributed by atoms with Crippen LogP contribution in [0.15, 0.2) is 76.9 Å². The van der Waals surface area contributed by atoms with Crippen molar-refractivity contribution in [1.29, 1.82) is 5.26 Å². The molecule has 0 bridgehead atoms. The first-order chi connectivity index (χ1) is 14.0. The summed E-state index contributed by atoms with van der Waals surface area (Å²) in [7, 11) is 2.03. The number of hydrogen-bond acceptors (Lipinski definition) is 3. The second-order valence-electron chi connectivity index (χ2n) is 7.37. The van der Waals surface area contributed by atoms with Gasteiger partial charge in [-0.15, -0.1) is 0 Å². The molecule has 146 valence electrons. The lowest BCUT2D eigenvalue weighted by Gasteiger charge is -2.35. The summed E-state index contributed by atoms with van der Waals surface area (Å²) >= 11 is 0. The first kappa shape index (κ1) is 18.9. The molecule has 2 atom stereocenters. The zero-order chi connectivity index (χ0) is 20.5. The molecule has 6 heteroatoms. The van der Waals surface area contributed by atoms with Crippen molar-refractivity contribution in [3.05, 3.63) is 99.7 Å². The zero-order valence-electron chi connectivity index (χ0n) is 15.9. The Morgan fingerprint density at radius 3 is 2.55 bits per heavy atom. The molecule has 2 aromatic rings. The second-order valence-corrected chi connectivity index (χ2v) is 7.37. The Balaban J connectivity index is 1.88. The van der Waals surface area contributed by atoms with E-state index in [2.05, 4.69) is 6.07 Å². The fraction of sp³-hybridized carbons (Fsp3) is 0.174. The molecule has 2 aromatic carbocycles. The number of nitrogens with two attached hydrogens (primary N) is 1. The largest absolute Gasteiger partial charge is 0.440 e. The van der Waals surface area contributed by atoms with Crippen LogP contribution in [0.2, 0.25) is 0 Å². The van der Waals surface area contributed by atoms with Crippen molar-refractivity contribution in [3.63, 3.8) is 0 Å². The molecule has 0 saturated carbocycles. The van der Waals surface area contributed by atoms with Crippen LogP contribution >= 0.6 is 0 Å². The summed E-state index contributed by atoms with van der Waals surface area (Å²) in [6.45, 7) is 1.27. The number of hydrogen-bond donors (Lipinski definition) is 2. The Hall–Kier alpha value is -3.43. The van der Waals surface area contributed by atoms with E-state index >= 15 is 0 Å². The molecule has 3 N–H and O–H groups in total. The standard InChI is InChI=1S/C23H19F2N3O/c1-28-12-16(8-14-4-2-6-17(24)9-14)22-20(13-28)21(19(11-26)23(27)29-22)15-5-3-7-18(25)10-15/h2-10,21H,12-13,27H2,1H3/p+1/b16-8+/t21-/m1/s1. The maximum atomic E-state index is 13.9. The van der Waals surface area contributed by atoms with Crippen molar-refractivity contribution in [3.8, 4) is 6.07 Å².